The number of hydrogen-bond acceptors (Lipinski definition) is 3. The van der Waals surface area contributed by atoms with Crippen LogP contribution in [0.2, 0.25) is 0 Å². The van der Waals surface area contributed by atoms with Gasteiger partial charge >= 0.3 is 0 Å². The maximum Gasteiger partial charge on any atom is 0.226 e. The molecule has 1 aliphatic carbocycles. The van der Waals surface area contributed by atoms with Crippen molar-refractivity contribution in [2.24, 2.45) is 5.92 Å². The smallest absolute Gasteiger partial charge is 0.226 e. The third kappa shape index (κ3) is 3.99. The van der Waals surface area contributed by atoms with Gasteiger partial charge in [-0.2, -0.15) is 0 Å². The lowest BCUT2D eigenvalue weighted by molar-refractivity contribution is -0.123. The Morgan fingerprint density at radius 1 is 1.32 bits per heavy atom. The van der Waals surface area contributed by atoms with Gasteiger partial charge < -0.3 is 14.8 Å². The zero-order valence-corrected chi connectivity index (χ0v) is 14.7. The molecule has 1 N–H and O–H groups in total. The van der Waals surface area contributed by atoms with Crippen LogP contribution < -0.4 is 14.8 Å². The molecule has 4 nitrogen and oxygen atoms in total. The van der Waals surface area contributed by atoms with E-state index in [0.717, 1.165) is 5.56 Å². The van der Waals surface area contributed by atoms with Crippen molar-refractivity contribution in [2.45, 2.75) is 43.7 Å². The summed E-state index contributed by atoms with van der Waals surface area (Å²) in [5.41, 5.74) is 0.928. The highest BCUT2D eigenvalue weighted by atomic mass is 35.5. The molecule has 0 aliphatic heterocycles. The van der Waals surface area contributed by atoms with Crippen molar-refractivity contribution < 1.29 is 14.3 Å². The fourth-order valence-corrected chi connectivity index (χ4v) is 2.71. The number of amides is 1. The summed E-state index contributed by atoms with van der Waals surface area (Å²) < 4.78 is 10.1. The highest BCUT2D eigenvalue weighted by Gasteiger charge is 2.56. The van der Waals surface area contributed by atoms with E-state index in [2.05, 4.69) is 5.32 Å². The number of alkyl halides is 2. The van der Waals surface area contributed by atoms with Gasteiger partial charge in [0.05, 0.1) is 25.2 Å². The molecule has 2 unspecified atom stereocenters. The van der Waals surface area contributed by atoms with Gasteiger partial charge in [-0.3, -0.25) is 4.79 Å². The Balaban J connectivity index is 2.06. The first-order valence-corrected chi connectivity index (χ1v) is 8.03. The van der Waals surface area contributed by atoms with E-state index in [9.17, 15) is 4.79 Å². The van der Waals surface area contributed by atoms with Crippen molar-refractivity contribution >= 4 is 29.1 Å². The molecule has 1 aliphatic rings. The van der Waals surface area contributed by atoms with Crippen LogP contribution in [0.15, 0.2) is 18.2 Å². The van der Waals surface area contributed by atoms with Crippen molar-refractivity contribution in [3.8, 4) is 11.5 Å². The van der Waals surface area contributed by atoms with E-state index < -0.39 is 4.33 Å². The van der Waals surface area contributed by atoms with Crippen molar-refractivity contribution in [1.29, 1.82) is 0 Å². The lowest BCUT2D eigenvalue weighted by atomic mass is 10.1. The summed E-state index contributed by atoms with van der Waals surface area (Å²) in [6.45, 7) is 5.81. The first-order valence-electron chi connectivity index (χ1n) is 7.27. The fourth-order valence-electron chi connectivity index (χ4n) is 2.20. The van der Waals surface area contributed by atoms with Crippen molar-refractivity contribution in [3.63, 3.8) is 0 Å². The molecule has 0 aromatic heterocycles. The molecule has 1 fully saturated rings. The highest BCUT2D eigenvalue weighted by Crippen LogP contribution is 2.53. The third-order valence-electron chi connectivity index (χ3n) is 3.55. The molecule has 0 spiro atoms. The number of rotatable bonds is 6. The summed E-state index contributed by atoms with van der Waals surface area (Å²) in [6.07, 6.45) is 0.561. The van der Waals surface area contributed by atoms with Gasteiger partial charge in [-0.25, -0.2) is 0 Å². The molecule has 2 rings (SSSR count). The van der Waals surface area contributed by atoms with E-state index in [1.54, 1.807) is 7.11 Å². The number of nitrogens with one attached hydrogen (secondary N) is 1. The molecule has 0 bridgehead atoms. The molecule has 0 saturated heterocycles. The molecule has 1 amide bonds. The Kier molecular flexibility index (Phi) is 5.13. The zero-order valence-electron chi connectivity index (χ0n) is 13.2. The molecule has 122 valence electrons. The number of carbonyl (C=O) groups is 1. The number of benzene rings is 1. The monoisotopic (exact) mass is 345 g/mol. The predicted octanol–water partition coefficient (Wildman–Crippen LogP) is 3.85. The molecular formula is C16H21Cl2NO3. The van der Waals surface area contributed by atoms with E-state index in [-0.39, 0.29) is 24.0 Å². The normalized spacial score (nSPS) is 20.4. The largest absolute Gasteiger partial charge is 0.493 e. The van der Waals surface area contributed by atoms with E-state index in [1.165, 1.54) is 0 Å². The second-order valence-electron chi connectivity index (χ2n) is 5.82. The zero-order chi connectivity index (χ0) is 16.5. The maximum atomic E-state index is 12.0. The van der Waals surface area contributed by atoms with Gasteiger partial charge in [-0.05, 0) is 44.9 Å². The van der Waals surface area contributed by atoms with Crippen molar-refractivity contribution in [1.82, 2.24) is 5.32 Å². The molecule has 2 atom stereocenters. The van der Waals surface area contributed by atoms with Crippen LogP contribution in [-0.2, 0) is 4.79 Å². The first-order chi connectivity index (χ1) is 10.2. The number of carbonyl (C=O) groups excluding carboxylic acids is 1. The molecule has 0 heterocycles. The number of ether oxygens (including phenoxy) is 2. The Bertz CT molecular complexity index is 560. The summed E-state index contributed by atoms with van der Waals surface area (Å²) in [5.74, 6) is 0.868. The van der Waals surface area contributed by atoms with Gasteiger partial charge in [0, 0.05) is 0 Å². The number of methoxy groups -OCH3 is 1. The molecule has 1 aromatic carbocycles. The van der Waals surface area contributed by atoms with E-state index >= 15 is 0 Å². The minimum absolute atomic E-state index is 0.0623. The Labute approximate surface area is 141 Å². The van der Waals surface area contributed by atoms with Crippen LogP contribution >= 0.6 is 23.2 Å². The standard InChI is InChI=1S/C16H21Cl2NO3/c1-9(2)22-13-6-5-11(7-14(13)21-4)10(3)19-15(20)12-8-16(12,17)18/h5-7,9-10,12H,8H2,1-4H3,(H,19,20). The van der Waals surface area contributed by atoms with Gasteiger partial charge in [0.1, 0.15) is 4.33 Å². The molecular weight excluding hydrogens is 325 g/mol. The Morgan fingerprint density at radius 2 is 1.95 bits per heavy atom. The number of halogens is 2. The predicted molar refractivity (Wildman–Crippen MR) is 87.9 cm³/mol. The fraction of sp³-hybridized carbons (Fsp3) is 0.562. The van der Waals surface area contributed by atoms with Crippen LogP contribution in [0, 0.1) is 5.92 Å². The minimum atomic E-state index is -0.906. The van der Waals surface area contributed by atoms with Gasteiger partial charge in [-0.1, -0.05) is 6.07 Å². The van der Waals surface area contributed by atoms with Crippen LogP contribution in [0.5, 0.6) is 11.5 Å². The Hall–Kier alpha value is -1.13. The quantitative estimate of drug-likeness (QED) is 0.796. The SMILES string of the molecule is COc1cc(C(C)NC(=O)C2CC2(Cl)Cl)ccc1OC(C)C. The molecule has 0 radical (unpaired) electrons. The van der Waals surface area contributed by atoms with Gasteiger partial charge in [0.2, 0.25) is 5.91 Å². The highest BCUT2D eigenvalue weighted by molar-refractivity contribution is 6.52. The van der Waals surface area contributed by atoms with Crippen LogP contribution in [0.25, 0.3) is 0 Å². The van der Waals surface area contributed by atoms with E-state index in [0.29, 0.717) is 17.9 Å². The third-order valence-corrected chi connectivity index (χ3v) is 4.39. The van der Waals surface area contributed by atoms with Gasteiger partial charge in [0.15, 0.2) is 11.5 Å². The summed E-state index contributed by atoms with van der Waals surface area (Å²) in [7, 11) is 1.59. The first kappa shape index (κ1) is 17.2. The topological polar surface area (TPSA) is 47.6 Å². The second kappa shape index (κ2) is 6.55. The van der Waals surface area contributed by atoms with E-state index in [4.69, 9.17) is 32.7 Å². The van der Waals surface area contributed by atoms with E-state index in [1.807, 2.05) is 39.0 Å². The van der Waals surface area contributed by atoms with Crippen LogP contribution in [0.4, 0.5) is 0 Å². The molecule has 1 saturated carbocycles. The molecule has 6 heteroatoms. The lowest BCUT2D eigenvalue weighted by Crippen LogP contribution is -2.29. The average molecular weight is 346 g/mol. The van der Waals surface area contributed by atoms with Gasteiger partial charge in [0.25, 0.3) is 0 Å². The van der Waals surface area contributed by atoms with Crippen molar-refractivity contribution in [2.75, 3.05) is 7.11 Å². The lowest BCUT2D eigenvalue weighted by Gasteiger charge is -2.18. The maximum absolute atomic E-state index is 12.0. The average Bonchev–Trinajstić information content (AvgIpc) is 3.07. The molecule has 1 aromatic rings. The second-order valence-corrected chi connectivity index (χ2v) is 7.37. The number of hydrogen-bond donors (Lipinski definition) is 1. The summed E-state index contributed by atoms with van der Waals surface area (Å²) in [4.78, 5) is 12.0. The van der Waals surface area contributed by atoms with Crippen LogP contribution in [-0.4, -0.2) is 23.5 Å². The van der Waals surface area contributed by atoms with Crippen LogP contribution in [0.1, 0.15) is 38.8 Å². The Morgan fingerprint density at radius 3 is 2.45 bits per heavy atom. The summed E-state index contributed by atoms with van der Waals surface area (Å²) in [5, 5.41) is 2.92. The van der Waals surface area contributed by atoms with Crippen LogP contribution in [0.3, 0.4) is 0 Å². The van der Waals surface area contributed by atoms with Crippen molar-refractivity contribution in [3.05, 3.63) is 23.8 Å². The van der Waals surface area contributed by atoms with Gasteiger partial charge in [-0.15, -0.1) is 23.2 Å². The molecule has 22 heavy (non-hydrogen) atoms. The summed E-state index contributed by atoms with van der Waals surface area (Å²) >= 11 is 11.8. The minimum Gasteiger partial charge on any atom is -0.493 e. The summed E-state index contributed by atoms with van der Waals surface area (Å²) in [6, 6.07) is 5.46.